The van der Waals surface area contributed by atoms with Crippen LogP contribution in [0.5, 0.6) is 0 Å². The average molecular weight is 553 g/mol. The summed E-state index contributed by atoms with van der Waals surface area (Å²) in [6.07, 6.45) is 0. The van der Waals surface area contributed by atoms with Gasteiger partial charge in [0.2, 0.25) is 5.91 Å². The average Bonchev–Trinajstić information content (AvgIpc) is 3.27. The molecule has 1 heterocycles. The highest BCUT2D eigenvalue weighted by Crippen LogP contribution is 2.40. The van der Waals surface area contributed by atoms with Crippen molar-refractivity contribution < 1.29 is 14.3 Å². The number of esters is 1. The second-order valence-electron chi connectivity index (χ2n) is 7.29. The van der Waals surface area contributed by atoms with Crippen molar-refractivity contribution >= 4 is 55.9 Å². The van der Waals surface area contributed by atoms with E-state index in [1.165, 1.54) is 23.1 Å². The number of ether oxygens (including phenoxy) is 1. The molecule has 0 aliphatic carbocycles. The van der Waals surface area contributed by atoms with Gasteiger partial charge in [-0.1, -0.05) is 76.6 Å². The Morgan fingerprint density at radius 2 is 1.62 bits per heavy atom. The Bertz CT molecular complexity index is 1260. The number of carbonyl (C=O) groups is 2. The lowest BCUT2D eigenvalue weighted by atomic mass is 10.0. The van der Waals surface area contributed by atoms with Gasteiger partial charge < -0.3 is 10.1 Å². The zero-order chi connectivity index (χ0) is 23.9. The van der Waals surface area contributed by atoms with Gasteiger partial charge >= 0.3 is 5.97 Å². The van der Waals surface area contributed by atoms with Crippen LogP contribution in [-0.4, -0.2) is 18.5 Å². The summed E-state index contributed by atoms with van der Waals surface area (Å²) in [7, 11) is 0. The van der Waals surface area contributed by atoms with Gasteiger partial charge in [0.05, 0.1) is 6.61 Å². The Morgan fingerprint density at radius 3 is 2.26 bits per heavy atom. The van der Waals surface area contributed by atoms with Crippen LogP contribution in [0.25, 0.3) is 11.1 Å². The maximum absolute atomic E-state index is 13.6. The van der Waals surface area contributed by atoms with Crippen LogP contribution in [0.1, 0.15) is 28.1 Å². The fraction of sp³-hybridized carbons (Fsp3) is 0.111. The predicted octanol–water partition coefficient (Wildman–Crippen LogP) is 7.83. The largest absolute Gasteiger partial charge is 0.462 e. The molecule has 3 aromatic carbocycles. The van der Waals surface area contributed by atoms with Gasteiger partial charge in [-0.15, -0.1) is 23.1 Å². The fourth-order valence-electron chi connectivity index (χ4n) is 3.41. The zero-order valence-electron chi connectivity index (χ0n) is 18.4. The van der Waals surface area contributed by atoms with Gasteiger partial charge in [-0.05, 0) is 42.3 Å². The zero-order valence-corrected chi connectivity index (χ0v) is 21.6. The third kappa shape index (κ3) is 5.78. The van der Waals surface area contributed by atoms with E-state index in [0.717, 1.165) is 26.1 Å². The van der Waals surface area contributed by atoms with Crippen LogP contribution in [0.3, 0.4) is 0 Å². The van der Waals surface area contributed by atoms with Crippen molar-refractivity contribution in [3.63, 3.8) is 0 Å². The predicted molar refractivity (Wildman–Crippen MR) is 144 cm³/mol. The second kappa shape index (κ2) is 11.5. The number of benzene rings is 3. The molecule has 0 spiro atoms. The summed E-state index contributed by atoms with van der Waals surface area (Å²) in [5.41, 5.74) is 2.87. The lowest BCUT2D eigenvalue weighted by Crippen LogP contribution is -2.20. The molecule has 7 heteroatoms. The quantitative estimate of drug-likeness (QED) is 0.179. The van der Waals surface area contributed by atoms with Gasteiger partial charge in [0.1, 0.15) is 15.8 Å². The Balaban J connectivity index is 1.68. The second-order valence-corrected chi connectivity index (χ2v) is 10.3. The Kier molecular flexibility index (Phi) is 8.21. The first-order valence-corrected chi connectivity index (χ1v) is 13.2. The molecule has 1 atom stereocenters. The van der Waals surface area contributed by atoms with Crippen molar-refractivity contribution in [2.45, 2.75) is 17.1 Å². The molecule has 1 unspecified atom stereocenters. The topological polar surface area (TPSA) is 55.4 Å². The van der Waals surface area contributed by atoms with E-state index in [2.05, 4.69) is 21.2 Å². The van der Waals surface area contributed by atoms with Gasteiger partial charge in [-0.3, -0.25) is 4.79 Å². The van der Waals surface area contributed by atoms with E-state index in [4.69, 9.17) is 4.74 Å². The minimum absolute atomic E-state index is 0.199. The van der Waals surface area contributed by atoms with Crippen molar-refractivity contribution in [1.29, 1.82) is 0 Å². The Labute approximate surface area is 215 Å². The van der Waals surface area contributed by atoms with Crippen molar-refractivity contribution in [3.05, 3.63) is 106 Å². The number of carbonyl (C=O) groups excluding carboxylic acids is 2. The van der Waals surface area contributed by atoms with E-state index in [0.29, 0.717) is 10.6 Å². The molecule has 0 aliphatic heterocycles. The summed E-state index contributed by atoms with van der Waals surface area (Å²) in [4.78, 5) is 27.5. The maximum atomic E-state index is 13.6. The van der Waals surface area contributed by atoms with Crippen LogP contribution in [0.4, 0.5) is 5.00 Å². The number of halogens is 1. The third-order valence-electron chi connectivity index (χ3n) is 5.00. The van der Waals surface area contributed by atoms with E-state index in [9.17, 15) is 9.59 Å². The molecule has 0 aliphatic rings. The normalized spacial score (nSPS) is 11.6. The molecule has 4 nitrogen and oxygen atoms in total. The first kappa shape index (κ1) is 24.3. The highest BCUT2D eigenvalue weighted by Gasteiger charge is 2.27. The molecule has 0 saturated heterocycles. The summed E-state index contributed by atoms with van der Waals surface area (Å²) >= 11 is 6.24. The number of hydrogen-bond donors (Lipinski definition) is 1. The van der Waals surface area contributed by atoms with E-state index < -0.39 is 11.2 Å². The van der Waals surface area contributed by atoms with E-state index in [-0.39, 0.29) is 12.5 Å². The minimum Gasteiger partial charge on any atom is -0.462 e. The number of hydrogen-bond acceptors (Lipinski definition) is 5. The van der Waals surface area contributed by atoms with Gasteiger partial charge in [0.15, 0.2) is 0 Å². The molecule has 0 fully saturated rings. The van der Waals surface area contributed by atoms with Gasteiger partial charge in [-0.2, -0.15) is 0 Å². The molecule has 1 aromatic heterocycles. The minimum atomic E-state index is -0.489. The lowest BCUT2D eigenvalue weighted by Gasteiger charge is -2.17. The van der Waals surface area contributed by atoms with E-state index in [1.54, 1.807) is 6.92 Å². The number of anilines is 1. The molecule has 1 N–H and O–H groups in total. The number of amides is 1. The molecule has 0 radical (unpaired) electrons. The molecule has 0 bridgehead atoms. The molecule has 0 saturated carbocycles. The number of nitrogens with one attached hydrogen (secondary N) is 1. The van der Waals surface area contributed by atoms with Crippen LogP contribution >= 0.6 is 39.0 Å². The first-order chi connectivity index (χ1) is 16.6. The Hall–Kier alpha value is -2.87. The van der Waals surface area contributed by atoms with Crippen LogP contribution in [0.15, 0.2) is 99.7 Å². The van der Waals surface area contributed by atoms with Crippen molar-refractivity contribution in [1.82, 2.24) is 0 Å². The van der Waals surface area contributed by atoms with E-state index >= 15 is 0 Å². The monoisotopic (exact) mass is 551 g/mol. The molecule has 172 valence electrons. The van der Waals surface area contributed by atoms with Crippen molar-refractivity contribution in [3.8, 4) is 11.1 Å². The molecule has 34 heavy (non-hydrogen) atoms. The van der Waals surface area contributed by atoms with Crippen LogP contribution in [0, 0.1) is 0 Å². The van der Waals surface area contributed by atoms with Crippen LogP contribution < -0.4 is 5.32 Å². The fourth-order valence-corrected chi connectivity index (χ4v) is 5.68. The standard InChI is InChI=1S/C27H22BrNO3S2/c1-2-32-27(31)23-22(18-13-15-20(28)16-14-18)17-33-26(23)29-25(30)24(19-9-5-3-6-10-19)34-21-11-7-4-8-12-21/h3-17,24H,2H2,1H3,(H,29,30). The smallest absolute Gasteiger partial charge is 0.341 e. The summed E-state index contributed by atoms with van der Waals surface area (Å²) in [6.45, 7) is 2.02. The molecular weight excluding hydrogens is 530 g/mol. The van der Waals surface area contributed by atoms with E-state index in [1.807, 2.05) is 90.3 Å². The summed E-state index contributed by atoms with van der Waals surface area (Å²) in [6, 6.07) is 27.1. The maximum Gasteiger partial charge on any atom is 0.341 e. The summed E-state index contributed by atoms with van der Waals surface area (Å²) < 4.78 is 6.28. The van der Waals surface area contributed by atoms with Gasteiger partial charge in [0.25, 0.3) is 0 Å². The summed E-state index contributed by atoms with van der Waals surface area (Å²) in [5, 5.41) is 4.89. The highest BCUT2D eigenvalue weighted by molar-refractivity contribution is 9.10. The van der Waals surface area contributed by atoms with Crippen LogP contribution in [0.2, 0.25) is 0 Å². The van der Waals surface area contributed by atoms with Crippen molar-refractivity contribution in [2.75, 3.05) is 11.9 Å². The van der Waals surface area contributed by atoms with Gasteiger partial charge in [-0.25, -0.2) is 4.79 Å². The van der Waals surface area contributed by atoms with Gasteiger partial charge in [0, 0.05) is 20.3 Å². The summed E-state index contributed by atoms with van der Waals surface area (Å²) in [5.74, 6) is -0.654. The number of thiophene rings is 1. The number of rotatable bonds is 8. The third-order valence-corrected chi connectivity index (χ3v) is 7.69. The first-order valence-electron chi connectivity index (χ1n) is 10.7. The molecule has 4 rings (SSSR count). The van der Waals surface area contributed by atoms with Crippen LogP contribution in [-0.2, 0) is 9.53 Å². The molecule has 4 aromatic rings. The molecular formula is C27H22BrNO3S2. The Morgan fingerprint density at radius 1 is 0.971 bits per heavy atom. The lowest BCUT2D eigenvalue weighted by molar-refractivity contribution is -0.115. The van der Waals surface area contributed by atoms with Crippen molar-refractivity contribution in [2.24, 2.45) is 0 Å². The number of thioether (sulfide) groups is 1. The highest BCUT2D eigenvalue weighted by atomic mass is 79.9. The molecule has 1 amide bonds. The SMILES string of the molecule is CCOC(=O)c1c(-c2ccc(Br)cc2)csc1NC(=O)C(Sc1ccccc1)c1ccccc1.